The van der Waals surface area contributed by atoms with Crippen molar-refractivity contribution < 1.29 is 4.79 Å². The standard InChI is InChI=1S/C14H21N3O/c1-10-3-4-14(12(7-10)8-15)17-6-5-13(9-17)16-11(2)18/h3-4,7,13H,5-6,8-9,15H2,1-2H3,(H,16,18). The molecule has 98 valence electrons. The largest absolute Gasteiger partial charge is 0.369 e. The molecule has 0 aliphatic carbocycles. The molecule has 3 N–H and O–H groups in total. The fourth-order valence-corrected chi connectivity index (χ4v) is 2.57. The summed E-state index contributed by atoms with van der Waals surface area (Å²) in [5, 5.41) is 2.98. The van der Waals surface area contributed by atoms with Gasteiger partial charge in [0.05, 0.1) is 0 Å². The molecule has 1 heterocycles. The average Bonchev–Trinajstić information content (AvgIpc) is 2.76. The number of carbonyl (C=O) groups is 1. The van der Waals surface area contributed by atoms with Gasteiger partial charge in [-0.3, -0.25) is 4.79 Å². The van der Waals surface area contributed by atoms with Crippen molar-refractivity contribution in [2.24, 2.45) is 5.73 Å². The second kappa shape index (κ2) is 5.40. The summed E-state index contributed by atoms with van der Waals surface area (Å²) in [5.41, 5.74) is 9.42. The van der Waals surface area contributed by atoms with E-state index < -0.39 is 0 Å². The summed E-state index contributed by atoms with van der Waals surface area (Å²) in [6.45, 7) is 6.04. The molecular weight excluding hydrogens is 226 g/mol. The highest BCUT2D eigenvalue weighted by Crippen LogP contribution is 2.25. The van der Waals surface area contributed by atoms with Gasteiger partial charge in [-0.15, -0.1) is 0 Å². The Morgan fingerprint density at radius 3 is 3.00 bits per heavy atom. The molecule has 18 heavy (non-hydrogen) atoms. The molecular formula is C14H21N3O. The number of anilines is 1. The van der Waals surface area contributed by atoms with Crippen LogP contribution < -0.4 is 16.0 Å². The quantitative estimate of drug-likeness (QED) is 0.843. The van der Waals surface area contributed by atoms with Gasteiger partial charge in [0.25, 0.3) is 0 Å². The van der Waals surface area contributed by atoms with Gasteiger partial charge in [0.1, 0.15) is 0 Å². The van der Waals surface area contributed by atoms with Gasteiger partial charge in [0.15, 0.2) is 0 Å². The molecule has 4 nitrogen and oxygen atoms in total. The van der Waals surface area contributed by atoms with E-state index in [9.17, 15) is 4.79 Å². The van der Waals surface area contributed by atoms with Crippen molar-refractivity contribution in [2.75, 3.05) is 18.0 Å². The number of nitrogens with one attached hydrogen (secondary N) is 1. The number of nitrogens with two attached hydrogens (primary N) is 1. The molecule has 1 aliphatic heterocycles. The minimum atomic E-state index is 0.0461. The van der Waals surface area contributed by atoms with E-state index in [1.807, 2.05) is 0 Å². The molecule has 1 saturated heterocycles. The van der Waals surface area contributed by atoms with Crippen molar-refractivity contribution >= 4 is 11.6 Å². The molecule has 0 aromatic heterocycles. The highest BCUT2D eigenvalue weighted by molar-refractivity contribution is 5.73. The zero-order chi connectivity index (χ0) is 13.1. The molecule has 1 fully saturated rings. The van der Waals surface area contributed by atoms with Gasteiger partial charge >= 0.3 is 0 Å². The van der Waals surface area contributed by atoms with Crippen LogP contribution in [0.5, 0.6) is 0 Å². The van der Waals surface area contributed by atoms with Gasteiger partial charge in [0.2, 0.25) is 5.91 Å². The van der Waals surface area contributed by atoms with Crippen molar-refractivity contribution in [3.05, 3.63) is 29.3 Å². The van der Waals surface area contributed by atoms with Crippen LogP contribution in [0.4, 0.5) is 5.69 Å². The average molecular weight is 247 g/mol. The van der Waals surface area contributed by atoms with Gasteiger partial charge in [-0.1, -0.05) is 17.7 Å². The van der Waals surface area contributed by atoms with E-state index in [2.05, 4.69) is 35.3 Å². The summed E-state index contributed by atoms with van der Waals surface area (Å²) < 4.78 is 0. The molecule has 2 rings (SSSR count). The van der Waals surface area contributed by atoms with Crippen molar-refractivity contribution in [3.8, 4) is 0 Å². The van der Waals surface area contributed by atoms with Crippen molar-refractivity contribution in [2.45, 2.75) is 32.9 Å². The lowest BCUT2D eigenvalue weighted by molar-refractivity contribution is -0.119. The Balaban J connectivity index is 2.11. The molecule has 1 aromatic rings. The summed E-state index contributed by atoms with van der Waals surface area (Å²) >= 11 is 0. The number of nitrogens with zero attached hydrogens (tertiary/aromatic N) is 1. The maximum absolute atomic E-state index is 11.1. The third-order valence-corrected chi connectivity index (χ3v) is 3.39. The first-order valence-electron chi connectivity index (χ1n) is 6.42. The van der Waals surface area contributed by atoms with Crippen LogP contribution >= 0.6 is 0 Å². The molecule has 1 atom stereocenters. The van der Waals surface area contributed by atoms with E-state index in [1.54, 1.807) is 6.92 Å². The number of amides is 1. The van der Waals surface area contributed by atoms with Gasteiger partial charge in [-0.25, -0.2) is 0 Å². The summed E-state index contributed by atoms with van der Waals surface area (Å²) in [6.07, 6.45) is 0.997. The van der Waals surface area contributed by atoms with Crippen LogP contribution in [0, 0.1) is 6.92 Å². The Kier molecular flexibility index (Phi) is 3.87. The predicted molar refractivity (Wildman–Crippen MR) is 73.5 cm³/mol. The Morgan fingerprint density at radius 1 is 1.56 bits per heavy atom. The SMILES string of the molecule is CC(=O)NC1CCN(c2ccc(C)cc2CN)C1. The number of benzene rings is 1. The zero-order valence-electron chi connectivity index (χ0n) is 11.1. The first-order valence-corrected chi connectivity index (χ1v) is 6.42. The molecule has 4 heteroatoms. The Morgan fingerprint density at radius 2 is 2.33 bits per heavy atom. The van der Waals surface area contributed by atoms with Gasteiger partial charge < -0.3 is 16.0 Å². The minimum Gasteiger partial charge on any atom is -0.369 e. The fraction of sp³-hybridized carbons (Fsp3) is 0.500. The molecule has 0 bridgehead atoms. The van der Waals surface area contributed by atoms with E-state index in [1.165, 1.54) is 16.8 Å². The van der Waals surface area contributed by atoms with Crippen LogP contribution in [0.25, 0.3) is 0 Å². The van der Waals surface area contributed by atoms with Crippen LogP contribution in [0.15, 0.2) is 18.2 Å². The molecule has 0 saturated carbocycles. The maximum Gasteiger partial charge on any atom is 0.217 e. The van der Waals surface area contributed by atoms with E-state index in [0.29, 0.717) is 6.54 Å². The number of hydrogen-bond acceptors (Lipinski definition) is 3. The van der Waals surface area contributed by atoms with Gasteiger partial charge in [-0.2, -0.15) is 0 Å². The molecule has 0 radical (unpaired) electrons. The number of carbonyl (C=O) groups excluding carboxylic acids is 1. The lowest BCUT2D eigenvalue weighted by atomic mass is 10.1. The Hall–Kier alpha value is -1.55. The van der Waals surface area contributed by atoms with E-state index in [-0.39, 0.29) is 11.9 Å². The predicted octanol–water partition coefficient (Wildman–Crippen LogP) is 1.17. The summed E-state index contributed by atoms with van der Waals surface area (Å²) in [4.78, 5) is 13.4. The molecule has 1 aliphatic rings. The van der Waals surface area contributed by atoms with Crippen LogP contribution in [-0.4, -0.2) is 25.0 Å². The Bertz CT molecular complexity index is 445. The van der Waals surface area contributed by atoms with Crippen LogP contribution in [0.3, 0.4) is 0 Å². The van der Waals surface area contributed by atoms with Gasteiger partial charge in [-0.05, 0) is 25.0 Å². The highest BCUT2D eigenvalue weighted by Gasteiger charge is 2.24. The van der Waals surface area contributed by atoms with Crippen LogP contribution in [-0.2, 0) is 11.3 Å². The molecule has 0 spiro atoms. The second-order valence-electron chi connectivity index (χ2n) is 4.97. The first kappa shape index (κ1) is 12.9. The van der Waals surface area contributed by atoms with E-state index >= 15 is 0 Å². The second-order valence-corrected chi connectivity index (χ2v) is 4.97. The molecule has 1 aromatic carbocycles. The van der Waals surface area contributed by atoms with E-state index in [0.717, 1.165) is 19.5 Å². The van der Waals surface area contributed by atoms with Crippen molar-refractivity contribution in [1.29, 1.82) is 0 Å². The normalized spacial score (nSPS) is 19.1. The fourth-order valence-electron chi connectivity index (χ4n) is 2.57. The molecule has 1 unspecified atom stereocenters. The topological polar surface area (TPSA) is 58.4 Å². The van der Waals surface area contributed by atoms with Crippen molar-refractivity contribution in [1.82, 2.24) is 5.32 Å². The lowest BCUT2D eigenvalue weighted by Gasteiger charge is -2.22. The lowest BCUT2D eigenvalue weighted by Crippen LogP contribution is -2.35. The smallest absolute Gasteiger partial charge is 0.217 e. The summed E-state index contributed by atoms with van der Waals surface area (Å²) in [7, 11) is 0. The minimum absolute atomic E-state index is 0.0461. The van der Waals surface area contributed by atoms with Crippen LogP contribution in [0.2, 0.25) is 0 Å². The summed E-state index contributed by atoms with van der Waals surface area (Å²) in [5.74, 6) is 0.0461. The van der Waals surface area contributed by atoms with Gasteiger partial charge in [0, 0.05) is 38.3 Å². The number of aryl methyl sites for hydroxylation is 1. The summed E-state index contributed by atoms with van der Waals surface area (Å²) in [6, 6.07) is 6.64. The molecule has 1 amide bonds. The monoisotopic (exact) mass is 247 g/mol. The van der Waals surface area contributed by atoms with Crippen molar-refractivity contribution in [3.63, 3.8) is 0 Å². The third kappa shape index (κ3) is 2.82. The maximum atomic E-state index is 11.1. The Labute approximate surface area is 108 Å². The highest BCUT2D eigenvalue weighted by atomic mass is 16.1. The number of rotatable bonds is 3. The number of hydrogen-bond donors (Lipinski definition) is 2. The first-order chi connectivity index (χ1) is 8.60. The zero-order valence-corrected chi connectivity index (χ0v) is 11.1. The van der Waals surface area contributed by atoms with Crippen LogP contribution in [0.1, 0.15) is 24.5 Å². The third-order valence-electron chi connectivity index (χ3n) is 3.39. The van der Waals surface area contributed by atoms with E-state index in [4.69, 9.17) is 5.73 Å².